The standard InChI is InChI=1S/C24H28N4O3/c1-5-27(6-2)18-9-7-17(8-10-18)25-23-15-20-19-14-22(31-4)21(30-3)13-16(19)11-12-28(20)24(29)26-23/h7-10,13-15H,5-6,11-12H2,1-4H3,(H,25,26,29). The minimum Gasteiger partial charge on any atom is -0.493 e. The molecule has 1 aromatic heterocycles. The van der Waals surface area contributed by atoms with E-state index >= 15 is 0 Å². The number of nitrogens with zero attached hydrogens (tertiary/aromatic N) is 3. The van der Waals surface area contributed by atoms with E-state index in [1.165, 1.54) is 5.69 Å². The molecule has 0 aliphatic carbocycles. The Morgan fingerprint density at radius 2 is 1.71 bits per heavy atom. The van der Waals surface area contributed by atoms with E-state index in [2.05, 4.69) is 41.2 Å². The third kappa shape index (κ3) is 3.95. The second-order valence-corrected chi connectivity index (χ2v) is 7.42. The monoisotopic (exact) mass is 420 g/mol. The molecule has 31 heavy (non-hydrogen) atoms. The Morgan fingerprint density at radius 1 is 1.03 bits per heavy atom. The maximum absolute atomic E-state index is 12.7. The normalized spacial score (nSPS) is 12.0. The van der Waals surface area contributed by atoms with E-state index in [-0.39, 0.29) is 5.69 Å². The third-order valence-electron chi connectivity index (χ3n) is 5.77. The van der Waals surface area contributed by atoms with Gasteiger partial charge in [-0.1, -0.05) is 0 Å². The predicted octanol–water partition coefficient (Wildman–Crippen LogP) is 4.07. The van der Waals surface area contributed by atoms with Gasteiger partial charge in [-0.05, 0) is 62.2 Å². The van der Waals surface area contributed by atoms with Crippen LogP contribution < -0.4 is 25.4 Å². The smallest absolute Gasteiger partial charge is 0.350 e. The van der Waals surface area contributed by atoms with E-state index in [1.54, 1.807) is 18.8 Å². The number of aryl methyl sites for hydroxylation is 1. The highest BCUT2D eigenvalue weighted by atomic mass is 16.5. The second kappa shape index (κ2) is 8.71. The van der Waals surface area contributed by atoms with Crippen LogP contribution in [0.2, 0.25) is 0 Å². The molecule has 7 heteroatoms. The number of benzene rings is 2. The summed E-state index contributed by atoms with van der Waals surface area (Å²) in [6, 6.07) is 14.0. The molecule has 2 heterocycles. The van der Waals surface area contributed by atoms with Crippen LogP contribution in [0.1, 0.15) is 19.4 Å². The van der Waals surface area contributed by atoms with E-state index in [1.807, 2.05) is 30.3 Å². The number of hydrogen-bond donors (Lipinski definition) is 1. The van der Waals surface area contributed by atoms with Crippen molar-refractivity contribution in [2.24, 2.45) is 0 Å². The lowest BCUT2D eigenvalue weighted by molar-refractivity contribution is 0.354. The van der Waals surface area contributed by atoms with E-state index in [4.69, 9.17) is 9.47 Å². The van der Waals surface area contributed by atoms with Gasteiger partial charge in [-0.25, -0.2) is 4.79 Å². The first kappa shape index (κ1) is 20.8. The highest BCUT2D eigenvalue weighted by molar-refractivity contribution is 5.73. The van der Waals surface area contributed by atoms with Crippen LogP contribution in [0.4, 0.5) is 17.2 Å². The van der Waals surface area contributed by atoms with E-state index in [9.17, 15) is 4.79 Å². The number of aromatic nitrogens is 2. The summed E-state index contributed by atoms with van der Waals surface area (Å²) in [6.45, 7) is 6.79. The molecule has 0 amide bonds. The van der Waals surface area contributed by atoms with Crippen molar-refractivity contribution in [2.45, 2.75) is 26.8 Å². The average Bonchev–Trinajstić information content (AvgIpc) is 2.80. The van der Waals surface area contributed by atoms with E-state index in [0.29, 0.717) is 23.9 Å². The third-order valence-corrected chi connectivity index (χ3v) is 5.77. The van der Waals surface area contributed by atoms with Gasteiger partial charge in [0.25, 0.3) is 0 Å². The highest BCUT2D eigenvalue weighted by Gasteiger charge is 2.21. The van der Waals surface area contributed by atoms with Crippen molar-refractivity contribution < 1.29 is 9.47 Å². The first-order chi connectivity index (χ1) is 15.1. The van der Waals surface area contributed by atoms with Gasteiger partial charge in [-0.15, -0.1) is 0 Å². The zero-order valence-corrected chi connectivity index (χ0v) is 18.4. The van der Waals surface area contributed by atoms with Crippen LogP contribution in [-0.2, 0) is 13.0 Å². The Hall–Kier alpha value is -3.48. The number of hydrogen-bond acceptors (Lipinski definition) is 6. The quantitative estimate of drug-likeness (QED) is 0.621. The molecule has 4 rings (SSSR count). The summed E-state index contributed by atoms with van der Waals surface area (Å²) < 4.78 is 12.6. The molecule has 1 aliphatic rings. The molecule has 0 saturated carbocycles. The van der Waals surface area contributed by atoms with Gasteiger partial charge < -0.3 is 19.7 Å². The van der Waals surface area contributed by atoms with Crippen molar-refractivity contribution >= 4 is 17.2 Å². The van der Waals surface area contributed by atoms with Crippen molar-refractivity contribution in [1.29, 1.82) is 0 Å². The van der Waals surface area contributed by atoms with Gasteiger partial charge >= 0.3 is 5.69 Å². The second-order valence-electron chi connectivity index (χ2n) is 7.42. The zero-order chi connectivity index (χ0) is 22.0. The predicted molar refractivity (Wildman–Crippen MR) is 124 cm³/mol. The Morgan fingerprint density at radius 3 is 2.35 bits per heavy atom. The number of methoxy groups -OCH3 is 2. The summed E-state index contributed by atoms with van der Waals surface area (Å²) in [7, 11) is 3.24. The zero-order valence-electron chi connectivity index (χ0n) is 18.4. The van der Waals surface area contributed by atoms with Crippen LogP contribution in [0.15, 0.2) is 47.3 Å². The van der Waals surface area contributed by atoms with Gasteiger partial charge in [0.15, 0.2) is 11.5 Å². The molecule has 0 bridgehead atoms. The molecule has 162 valence electrons. The Kier molecular flexibility index (Phi) is 5.84. The molecular formula is C24H28N4O3. The van der Waals surface area contributed by atoms with Gasteiger partial charge in [0, 0.05) is 42.6 Å². The van der Waals surface area contributed by atoms with Gasteiger partial charge in [0.05, 0.1) is 19.9 Å². The van der Waals surface area contributed by atoms with Gasteiger partial charge in [-0.2, -0.15) is 4.98 Å². The molecule has 1 N–H and O–H groups in total. The summed E-state index contributed by atoms with van der Waals surface area (Å²) in [6.07, 6.45) is 0.740. The summed E-state index contributed by atoms with van der Waals surface area (Å²) >= 11 is 0. The Balaban J connectivity index is 1.69. The number of nitrogens with one attached hydrogen (secondary N) is 1. The lowest BCUT2D eigenvalue weighted by Gasteiger charge is -2.23. The Bertz CT molecular complexity index is 1130. The topological polar surface area (TPSA) is 68.6 Å². The van der Waals surface area contributed by atoms with Crippen molar-refractivity contribution in [1.82, 2.24) is 9.55 Å². The number of ether oxygens (including phenoxy) is 2. The van der Waals surface area contributed by atoms with Crippen LogP contribution in [0.5, 0.6) is 11.5 Å². The molecule has 0 radical (unpaired) electrons. The fraction of sp³-hybridized carbons (Fsp3) is 0.333. The van der Waals surface area contributed by atoms with Crippen LogP contribution in [0.25, 0.3) is 11.3 Å². The largest absolute Gasteiger partial charge is 0.493 e. The van der Waals surface area contributed by atoms with Gasteiger partial charge in [0.2, 0.25) is 0 Å². The minimum atomic E-state index is -0.264. The lowest BCUT2D eigenvalue weighted by Crippen LogP contribution is -2.28. The van der Waals surface area contributed by atoms with Crippen LogP contribution in [0.3, 0.4) is 0 Å². The number of rotatable bonds is 7. The first-order valence-electron chi connectivity index (χ1n) is 10.6. The molecule has 7 nitrogen and oxygen atoms in total. The minimum absolute atomic E-state index is 0.264. The van der Waals surface area contributed by atoms with E-state index in [0.717, 1.165) is 42.0 Å². The molecule has 0 fully saturated rings. The van der Waals surface area contributed by atoms with Crippen LogP contribution >= 0.6 is 0 Å². The van der Waals surface area contributed by atoms with Crippen molar-refractivity contribution in [3.8, 4) is 22.8 Å². The Labute approximate surface area is 182 Å². The van der Waals surface area contributed by atoms with Crippen molar-refractivity contribution in [3.05, 3.63) is 58.5 Å². The molecule has 3 aromatic rings. The molecule has 0 atom stereocenters. The fourth-order valence-electron chi connectivity index (χ4n) is 4.10. The summed E-state index contributed by atoms with van der Waals surface area (Å²) in [5.41, 5.74) is 4.70. The average molecular weight is 421 g/mol. The fourth-order valence-corrected chi connectivity index (χ4v) is 4.10. The molecule has 1 aliphatic heterocycles. The first-order valence-corrected chi connectivity index (χ1v) is 10.6. The molecule has 0 saturated heterocycles. The lowest BCUT2D eigenvalue weighted by atomic mass is 9.97. The number of fused-ring (bicyclic) bond motifs is 3. The maximum atomic E-state index is 12.7. The maximum Gasteiger partial charge on any atom is 0.350 e. The van der Waals surface area contributed by atoms with Crippen molar-refractivity contribution in [2.75, 3.05) is 37.5 Å². The van der Waals surface area contributed by atoms with E-state index < -0.39 is 0 Å². The SMILES string of the molecule is CCN(CC)c1ccc(Nc2cc3n(c(=O)n2)CCc2cc(OC)c(OC)cc2-3)cc1. The van der Waals surface area contributed by atoms with Gasteiger partial charge in [-0.3, -0.25) is 4.57 Å². The van der Waals surface area contributed by atoms with Crippen molar-refractivity contribution in [3.63, 3.8) is 0 Å². The highest BCUT2D eigenvalue weighted by Crippen LogP contribution is 2.38. The molecule has 0 unspecified atom stereocenters. The summed E-state index contributed by atoms with van der Waals surface area (Å²) in [5, 5.41) is 3.28. The summed E-state index contributed by atoms with van der Waals surface area (Å²) in [4.78, 5) is 19.3. The molecular weight excluding hydrogens is 392 g/mol. The molecule has 0 spiro atoms. The molecule has 2 aromatic carbocycles. The number of anilines is 3. The van der Waals surface area contributed by atoms with Crippen LogP contribution in [-0.4, -0.2) is 36.9 Å². The summed E-state index contributed by atoms with van der Waals surface area (Å²) in [5.74, 6) is 1.85. The van der Waals surface area contributed by atoms with Crippen LogP contribution in [0, 0.1) is 0 Å². The van der Waals surface area contributed by atoms with Gasteiger partial charge in [0.1, 0.15) is 5.82 Å².